The number of amides is 1. The van der Waals surface area contributed by atoms with Crippen molar-refractivity contribution in [3.8, 4) is 11.7 Å². The molecule has 2 aromatic heterocycles. The van der Waals surface area contributed by atoms with Crippen LogP contribution >= 0.6 is 11.6 Å². The molecule has 9 heteroatoms. The van der Waals surface area contributed by atoms with Crippen LogP contribution in [0.5, 0.6) is 5.88 Å². The van der Waals surface area contributed by atoms with E-state index in [9.17, 15) is 4.79 Å². The fraction of sp³-hybridized carbons (Fsp3) is 0.348. The first-order chi connectivity index (χ1) is 15.4. The highest BCUT2D eigenvalue weighted by atomic mass is 35.5. The molecule has 0 radical (unpaired) electrons. The van der Waals surface area contributed by atoms with Crippen molar-refractivity contribution in [2.75, 3.05) is 13.7 Å². The minimum absolute atomic E-state index is 0.273. The maximum atomic E-state index is 13.3. The number of pyridine rings is 1. The van der Waals surface area contributed by atoms with Gasteiger partial charge in [-0.25, -0.2) is 14.7 Å². The minimum Gasteiger partial charge on any atom is -0.480 e. The van der Waals surface area contributed by atoms with Gasteiger partial charge in [-0.05, 0) is 50.1 Å². The predicted octanol–water partition coefficient (Wildman–Crippen LogP) is 4.07. The lowest BCUT2D eigenvalue weighted by Crippen LogP contribution is -2.42. The Morgan fingerprint density at radius 2 is 2.22 bits per heavy atom. The van der Waals surface area contributed by atoms with E-state index in [1.54, 1.807) is 24.4 Å². The number of fused-ring (bicyclic) bond motifs is 1. The molecule has 1 N–H and O–H groups in total. The molecule has 2 aliphatic rings. The van der Waals surface area contributed by atoms with Gasteiger partial charge in [0.15, 0.2) is 5.82 Å². The first kappa shape index (κ1) is 22.1. The second-order valence-corrected chi connectivity index (χ2v) is 8.26. The summed E-state index contributed by atoms with van der Waals surface area (Å²) in [6.45, 7) is 7.24. The molecule has 0 saturated carbocycles. The zero-order valence-electron chi connectivity index (χ0n) is 18.7. The van der Waals surface area contributed by atoms with Crippen molar-refractivity contribution in [1.29, 1.82) is 0 Å². The molecule has 0 bridgehead atoms. The monoisotopic (exact) mass is 454 g/mol. The minimum atomic E-state index is -0.332. The maximum Gasteiger partial charge on any atom is 0.274 e. The van der Waals surface area contributed by atoms with Crippen LogP contribution in [0.25, 0.3) is 5.82 Å². The van der Waals surface area contributed by atoms with Crippen LogP contribution in [0.4, 0.5) is 0 Å². The number of carbonyl (C=O) groups is 1. The highest BCUT2D eigenvalue weighted by Crippen LogP contribution is 2.30. The maximum absolute atomic E-state index is 13.3. The average Bonchev–Trinajstić information content (AvgIpc) is 3.38. The van der Waals surface area contributed by atoms with E-state index in [0.29, 0.717) is 22.8 Å². The summed E-state index contributed by atoms with van der Waals surface area (Å²) in [6.07, 6.45) is 10.1. The molecule has 0 saturated heterocycles. The van der Waals surface area contributed by atoms with E-state index in [1.807, 2.05) is 13.1 Å². The van der Waals surface area contributed by atoms with Crippen LogP contribution in [0.1, 0.15) is 44.1 Å². The summed E-state index contributed by atoms with van der Waals surface area (Å²) in [4.78, 5) is 17.6. The number of hydrogen-bond donors (Lipinski definition) is 1. The van der Waals surface area contributed by atoms with Gasteiger partial charge in [0.25, 0.3) is 5.91 Å². The number of ether oxygens (including phenoxy) is 1. The summed E-state index contributed by atoms with van der Waals surface area (Å²) in [6, 6.07) is 5.38. The molecular weight excluding hydrogens is 428 g/mol. The lowest BCUT2D eigenvalue weighted by atomic mass is 10.1. The van der Waals surface area contributed by atoms with Crippen molar-refractivity contribution in [3.05, 3.63) is 70.4 Å². The lowest BCUT2D eigenvalue weighted by molar-refractivity contribution is 0.0434. The first-order valence-corrected chi connectivity index (χ1v) is 11.0. The van der Waals surface area contributed by atoms with E-state index >= 15 is 0 Å². The third-order valence-electron chi connectivity index (χ3n) is 5.60. The molecule has 4 rings (SSSR count). The zero-order chi connectivity index (χ0) is 22.8. The van der Waals surface area contributed by atoms with Gasteiger partial charge in [-0.15, -0.1) is 5.10 Å². The fourth-order valence-electron chi connectivity index (χ4n) is 3.91. The molecule has 2 aromatic rings. The van der Waals surface area contributed by atoms with Crippen molar-refractivity contribution >= 4 is 17.5 Å². The van der Waals surface area contributed by atoms with Crippen LogP contribution in [-0.2, 0) is 0 Å². The number of nitrogens with one attached hydrogen (secondary N) is 1. The van der Waals surface area contributed by atoms with Gasteiger partial charge in [0.1, 0.15) is 5.69 Å². The van der Waals surface area contributed by atoms with E-state index in [0.717, 1.165) is 36.4 Å². The zero-order valence-corrected chi connectivity index (χ0v) is 19.4. The summed E-state index contributed by atoms with van der Waals surface area (Å²) in [5.74, 6) is 0.323. The smallest absolute Gasteiger partial charge is 0.274 e. The second kappa shape index (κ2) is 9.18. The molecule has 2 aliphatic heterocycles. The van der Waals surface area contributed by atoms with Crippen LogP contribution in [-0.4, -0.2) is 50.4 Å². The first-order valence-electron chi connectivity index (χ1n) is 10.7. The summed E-state index contributed by atoms with van der Waals surface area (Å²) in [7, 11) is 1.50. The SMILES string of the molecule is CCCC(C)N1CC=C2C=C(C)C(NC(=O)c3cc(OC)nn3-c3ncccc3Cl)=CN21. The Kier molecular flexibility index (Phi) is 6.34. The third-order valence-corrected chi connectivity index (χ3v) is 5.90. The topological polar surface area (TPSA) is 75.5 Å². The molecule has 168 valence electrons. The van der Waals surface area contributed by atoms with Crippen molar-refractivity contribution in [2.45, 2.75) is 39.7 Å². The molecule has 1 amide bonds. The Balaban J connectivity index is 1.62. The van der Waals surface area contributed by atoms with E-state index in [1.165, 1.54) is 11.8 Å². The molecular formula is C23H27ClN6O2. The van der Waals surface area contributed by atoms with Crippen molar-refractivity contribution in [2.24, 2.45) is 0 Å². The Hall–Kier alpha value is -3.10. The van der Waals surface area contributed by atoms with Crippen molar-refractivity contribution in [3.63, 3.8) is 0 Å². The van der Waals surface area contributed by atoms with Crippen molar-refractivity contribution in [1.82, 2.24) is 30.1 Å². The van der Waals surface area contributed by atoms with E-state index < -0.39 is 0 Å². The second-order valence-electron chi connectivity index (χ2n) is 7.85. The number of carbonyl (C=O) groups excluding carboxylic acids is 1. The molecule has 0 aromatic carbocycles. The Morgan fingerprint density at radius 1 is 1.41 bits per heavy atom. The number of nitrogens with zero attached hydrogens (tertiary/aromatic N) is 5. The highest BCUT2D eigenvalue weighted by molar-refractivity contribution is 6.32. The fourth-order valence-corrected chi connectivity index (χ4v) is 4.11. The van der Waals surface area contributed by atoms with Gasteiger partial charge in [0.2, 0.25) is 5.88 Å². The van der Waals surface area contributed by atoms with Crippen LogP contribution in [0.3, 0.4) is 0 Å². The van der Waals surface area contributed by atoms with Gasteiger partial charge >= 0.3 is 0 Å². The molecule has 0 spiro atoms. The summed E-state index contributed by atoms with van der Waals surface area (Å²) < 4.78 is 6.65. The standard InChI is InChI=1S/C23H27ClN6O2/c1-5-7-16(3)28-11-9-17-12-15(2)19(14-29(17)28)26-23(31)20-13-21(32-4)27-30(20)22-18(24)8-6-10-25-22/h6,8-10,12-14,16H,5,7,11H2,1-4H3,(H,26,31). The van der Waals surface area contributed by atoms with Crippen LogP contribution < -0.4 is 10.1 Å². The average molecular weight is 455 g/mol. The summed E-state index contributed by atoms with van der Waals surface area (Å²) >= 11 is 6.30. The van der Waals surface area contributed by atoms with Gasteiger partial charge < -0.3 is 10.1 Å². The third kappa shape index (κ3) is 4.16. The largest absolute Gasteiger partial charge is 0.480 e. The van der Waals surface area contributed by atoms with Gasteiger partial charge in [-0.3, -0.25) is 9.80 Å². The van der Waals surface area contributed by atoms with Gasteiger partial charge in [0, 0.05) is 31.0 Å². The van der Waals surface area contributed by atoms with Gasteiger partial charge in [-0.1, -0.05) is 24.9 Å². The molecule has 1 unspecified atom stereocenters. The molecule has 32 heavy (non-hydrogen) atoms. The number of hydrogen-bond acceptors (Lipinski definition) is 6. The lowest BCUT2D eigenvalue weighted by Gasteiger charge is -2.36. The Morgan fingerprint density at radius 3 is 2.94 bits per heavy atom. The molecule has 4 heterocycles. The molecule has 1 atom stereocenters. The van der Waals surface area contributed by atoms with E-state index in [2.05, 4.69) is 51.4 Å². The molecule has 0 aliphatic carbocycles. The van der Waals surface area contributed by atoms with Crippen LogP contribution in [0.2, 0.25) is 5.02 Å². The summed E-state index contributed by atoms with van der Waals surface area (Å²) in [5, 5.41) is 12.2. The Labute approximate surface area is 192 Å². The number of rotatable bonds is 7. The van der Waals surface area contributed by atoms with Crippen LogP contribution in [0.15, 0.2) is 59.7 Å². The van der Waals surface area contributed by atoms with Gasteiger partial charge in [-0.2, -0.15) is 0 Å². The van der Waals surface area contributed by atoms with E-state index in [-0.39, 0.29) is 11.6 Å². The molecule has 8 nitrogen and oxygen atoms in total. The van der Waals surface area contributed by atoms with Crippen molar-refractivity contribution < 1.29 is 9.53 Å². The van der Waals surface area contributed by atoms with Gasteiger partial charge in [0.05, 0.1) is 23.5 Å². The van der Waals surface area contributed by atoms with Crippen LogP contribution in [0, 0.1) is 0 Å². The number of methoxy groups -OCH3 is 1. The number of allylic oxidation sites excluding steroid dienone is 2. The molecule has 0 fully saturated rings. The Bertz CT molecular complexity index is 1120. The van der Waals surface area contributed by atoms with E-state index in [4.69, 9.17) is 16.3 Å². The number of halogens is 1. The summed E-state index contributed by atoms with van der Waals surface area (Å²) in [5.41, 5.74) is 3.09. The quantitative estimate of drug-likeness (QED) is 0.679. The normalized spacial score (nSPS) is 16.8. The number of aromatic nitrogens is 3. The number of hydrazine groups is 1. The predicted molar refractivity (Wildman–Crippen MR) is 123 cm³/mol. The highest BCUT2D eigenvalue weighted by Gasteiger charge is 2.29.